The Morgan fingerprint density at radius 1 is 1.05 bits per heavy atom. The molecule has 0 amide bonds. The topological polar surface area (TPSA) is 88.7 Å². The number of nitrogens with zero attached hydrogens (tertiary/aromatic N) is 5. The molecule has 0 atom stereocenters. The van der Waals surface area contributed by atoms with E-state index >= 15 is 0 Å². The number of unbranched alkanes of at least 4 members (excludes halogenated alkanes) is 1. The first-order chi connectivity index (χ1) is 17.8. The van der Waals surface area contributed by atoms with Crippen LogP contribution in [0, 0.1) is 5.92 Å². The summed E-state index contributed by atoms with van der Waals surface area (Å²) in [5.74, 6) is 3.32. The number of benzene rings is 2. The first-order valence-electron chi connectivity index (χ1n) is 13.6. The summed E-state index contributed by atoms with van der Waals surface area (Å²) in [5.41, 5.74) is 12.5. The number of aromatic nitrogens is 5. The van der Waals surface area contributed by atoms with E-state index in [1.807, 2.05) is 12.1 Å². The van der Waals surface area contributed by atoms with Gasteiger partial charge in [0.15, 0.2) is 5.82 Å². The van der Waals surface area contributed by atoms with Crippen LogP contribution in [0.15, 0.2) is 42.5 Å². The van der Waals surface area contributed by atoms with Gasteiger partial charge in [0, 0.05) is 30.4 Å². The molecule has 5 aromatic rings. The first-order valence-corrected chi connectivity index (χ1v) is 13.6. The number of nitrogens with two attached hydrogens (primary N) is 1. The summed E-state index contributed by atoms with van der Waals surface area (Å²) in [6.45, 7) is 10.8. The van der Waals surface area contributed by atoms with Crippen LogP contribution in [0.2, 0.25) is 0 Å². The Bertz CT molecular complexity index is 1580. The number of pyridine rings is 1. The van der Waals surface area contributed by atoms with E-state index in [4.69, 9.17) is 15.7 Å². The maximum atomic E-state index is 6.40. The molecule has 3 aromatic heterocycles. The number of H-pyrrole nitrogens is 1. The van der Waals surface area contributed by atoms with Crippen LogP contribution in [0.1, 0.15) is 64.8 Å². The summed E-state index contributed by atoms with van der Waals surface area (Å²) in [4.78, 5) is 20.7. The number of anilines is 2. The van der Waals surface area contributed by atoms with Crippen LogP contribution in [0.4, 0.5) is 11.8 Å². The van der Waals surface area contributed by atoms with Gasteiger partial charge in [0.1, 0.15) is 11.3 Å². The van der Waals surface area contributed by atoms with Gasteiger partial charge in [0.2, 0.25) is 5.95 Å². The molecule has 3 heterocycles. The summed E-state index contributed by atoms with van der Waals surface area (Å²) in [6, 6.07) is 14.8. The number of fused-ring (bicyclic) bond motifs is 4. The molecule has 1 fully saturated rings. The summed E-state index contributed by atoms with van der Waals surface area (Å²) in [5, 5.41) is 1.09. The van der Waals surface area contributed by atoms with E-state index in [0.717, 1.165) is 83.0 Å². The second-order valence-electron chi connectivity index (χ2n) is 11.6. The van der Waals surface area contributed by atoms with Gasteiger partial charge in [0.25, 0.3) is 0 Å². The number of nitrogen functional groups attached to an aromatic ring is 1. The van der Waals surface area contributed by atoms with Gasteiger partial charge >= 0.3 is 0 Å². The van der Waals surface area contributed by atoms with Gasteiger partial charge in [-0.2, -0.15) is 0 Å². The SMILES string of the molecule is CCCCc1nc2c(N)nc3ccccc3c2n1Cc1ccc2nc(N(CC3CC3)C(C)(C)C)[nH]c2c1. The highest BCUT2D eigenvalue weighted by Gasteiger charge is 2.31. The fourth-order valence-corrected chi connectivity index (χ4v) is 5.29. The van der Waals surface area contributed by atoms with E-state index in [9.17, 15) is 0 Å². The smallest absolute Gasteiger partial charge is 0.204 e. The van der Waals surface area contributed by atoms with Crippen molar-refractivity contribution in [2.45, 2.75) is 71.9 Å². The van der Waals surface area contributed by atoms with Crippen LogP contribution in [-0.2, 0) is 13.0 Å². The second-order valence-corrected chi connectivity index (χ2v) is 11.6. The van der Waals surface area contributed by atoms with E-state index in [1.54, 1.807) is 0 Å². The van der Waals surface area contributed by atoms with Gasteiger partial charge in [-0.05, 0) is 69.7 Å². The van der Waals surface area contributed by atoms with Gasteiger partial charge in [-0.3, -0.25) is 0 Å². The minimum Gasteiger partial charge on any atom is -0.382 e. The third-order valence-electron chi connectivity index (χ3n) is 7.52. The number of aryl methyl sites for hydroxylation is 1. The van der Waals surface area contributed by atoms with E-state index in [2.05, 4.69) is 77.5 Å². The predicted octanol–water partition coefficient (Wildman–Crippen LogP) is 6.45. The zero-order valence-corrected chi connectivity index (χ0v) is 22.4. The predicted molar refractivity (Wildman–Crippen MR) is 153 cm³/mol. The van der Waals surface area contributed by atoms with Gasteiger partial charge in [-0.25, -0.2) is 15.0 Å². The summed E-state index contributed by atoms with van der Waals surface area (Å²) < 4.78 is 2.35. The van der Waals surface area contributed by atoms with Crippen molar-refractivity contribution in [3.8, 4) is 0 Å². The molecule has 0 radical (unpaired) electrons. The third kappa shape index (κ3) is 4.52. The minimum absolute atomic E-state index is 0.0121. The zero-order chi connectivity index (χ0) is 25.7. The number of nitrogens with one attached hydrogen (secondary N) is 1. The number of rotatable bonds is 8. The van der Waals surface area contributed by atoms with E-state index in [0.29, 0.717) is 5.82 Å². The van der Waals surface area contributed by atoms with Crippen LogP contribution in [0.25, 0.3) is 33.0 Å². The average Bonchev–Trinajstić information content (AvgIpc) is 3.48. The van der Waals surface area contributed by atoms with Crippen LogP contribution >= 0.6 is 0 Å². The standard InChI is InChI=1S/C30H37N7/c1-5-6-11-25-35-26-27(21-9-7-8-10-22(21)32-28(26)31)36(25)17-20-14-15-23-24(16-20)34-29(33-23)37(30(2,3)4)18-19-12-13-19/h7-10,14-16,19H,5-6,11-13,17-18H2,1-4H3,(H2,31,32)(H,33,34). The molecule has 2 aromatic carbocycles. The lowest BCUT2D eigenvalue weighted by atomic mass is 10.1. The molecule has 192 valence electrons. The molecule has 6 rings (SSSR count). The molecular weight excluding hydrogens is 458 g/mol. The molecule has 0 saturated heterocycles. The van der Waals surface area contributed by atoms with Crippen molar-refractivity contribution < 1.29 is 0 Å². The normalized spacial score (nSPS) is 14.3. The minimum atomic E-state index is 0.0121. The Morgan fingerprint density at radius 2 is 1.86 bits per heavy atom. The van der Waals surface area contributed by atoms with Crippen LogP contribution in [0.3, 0.4) is 0 Å². The van der Waals surface area contributed by atoms with Crippen molar-refractivity contribution in [1.82, 2.24) is 24.5 Å². The number of imidazole rings is 2. The molecule has 1 saturated carbocycles. The molecule has 0 spiro atoms. The number of para-hydroxylation sites is 1. The third-order valence-corrected chi connectivity index (χ3v) is 7.52. The molecule has 7 nitrogen and oxygen atoms in total. The zero-order valence-electron chi connectivity index (χ0n) is 22.4. The largest absolute Gasteiger partial charge is 0.382 e. The van der Waals surface area contributed by atoms with Gasteiger partial charge in [-0.1, -0.05) is 37.6 Å². The lowest BCUT2D eigenvalue weighted by molar-refractivity contribution is 0.482. The molecule has 7 heteroatoms. The Hall–Kier alpha value is -3.61. The Labute approximate surface area is 218 Å². The van der Waals surface area contributed by atoms with E-state index in [-0.39, 0.29) is 5.54 Å². The van der Waals surface area contributed by atoms with Crippen molar-refractivity contribution in [3.63, 3.8) is 0 Å². The lowest BCUT2D eigenvalue weighted by Gasteiger charge is -2.35. The summed E-state index contributed by atoms with van der Waals surface area (Å²) in [6.07, 6.45) is 5.76. The van der Waals surface area contributed by atoms with Crippen molar-refractivity contribution in [2.75, 3.05) is 17.2 Å². The molecule has 3 N–H and O–H groups in total. The van der Waals surface area contributed by atoms with Crippen molar-refractivity contribution >= 4 is 44.7 Å². The molecule has 1 aliphatic carbocycles. The summed E-state index contributed by atoms with van der Waals surface area (Å²) >= 11 is 0. The molecule has 0 unspecified atom stereocenters. The Kier molecular flexibility index (Phi) is 5.81. The molecule has 1 aliphatic rings. The molecular formula is C30H37N7. The summed E-state index contributed by atoms with van der Waals surface area (Å²) in [7, 11) is 0. The highest BCUT2D eigenvalue weighted by atomic mass is 15.3. The van der Waals surface area contributed by atoms with Gasteiger partial charge < -0.3 is 20.2 Å². The van der Waals surface area contributed by atoms with E-state index in [1.165, 1.54) is 18.4 Å². The Morgan fingerprint density at radius 3 is 2.62 bits per heavy atom. The van der Waals surface area contributed by atoms with Crippen LogP contribution in [0.5, 0.6) is 0 Å². The number of hydrogen-bond acceptors (Lipinski definition) is 5. The fourth-order valence-electron chi connectivity index (χ4n) is 5.29. The Balaban J connectivity index is 1.42. The maximum Gasteiger partial charge on any atom is 0.204 e. The quantitative estimate of drug-likeness (QED) is 0.258. The highest BCUT2D eigenvalue weighted by Crippen LogP contribution is 2.35. The lowest BCUT2D eigenvalue weighted by Crippen LogP contribution is -2.43. The highest BCUT2D eigenvalue weighted by molar-refractivity contribution is 6.06. The molecule has 0 aliphatic heterocycles. The molecule has 37 heavy (non-hydrogen) atoms. The fraction of sp³-hybridized carbons (Fsp3) is 0.433. The average molecular weight is 496 g/mol. The second kappa shape index (κ2) is 9.05. The van der Waals surface area contributed by atoms with Crippen LogP contribution in [-0.4, -0.2) is 36.6 Å². The van der Waals surface area contributed by atoms with Gasteiger partial charge in [-0.15, -0.1) is 0 Å². The first kappa shape index (κ1) is 23.8. The number of aromatic amines is 1. The van der Waals surface area contributed by atoms with Crippen molar-refractivity contribution in [2.24, 2.45) is 5.92 Å². The van der Waals surface area contributed by atoms with Crippen molar-refractivity contribution in [1.29, 1.82) is 0 Å². The van der Waals surface area contributed by atoms with Crippen LogP contribution < -0.4 is 10.6 Å². The van der Waals surface area contributed by atoms with Gasteiger partial charge in [0.05, 0.1) is 22.1 Å². The number of hydrogen-bond donors (Lipinski definition) is 2. The molecule has 0 bridgehead atoms. The van der Waals surface area contributed by atoms with Crippen molar-refractivity contribution in [3.05, 3.63) is 53.9 Å². The monoisotopic (exact) mass is 495 g/mol. The van der Waals surface area contributed by atoms with E-state index < -0.39 is 0 Å². The maximum absolute atomic E-state index is 6.40.